The molecule has 0 aliphatic heterocycles. The van der Waals surface area contributed by atoms with Gasteiger partial charge in [0.2, 0.25) is 0 Å². The molecular weight excluding hydrogens is 280 g/mol. The van der Waals surface area contributed by atoms with E-state index in [0.29, 0.717) is 0 Å². The molecule has 0 aromatic carbocycles. The van der Waals surface area contributed by atoms with Crippen molar-refractivity contribution in [3.05, 3.63) is 0 Å². The third kappa shape index (κ3) is 8.46. The molecule has 17 heavy (non-hydrogen) atoms. The molecule has 0 saturated heterocycles. The summed E-state index contributed by atoms with van der Waals surface area (Å²) in [7, 11) is -6.04. The Morgan fingerprint density at radius 2 is 1.35 bits per heavy atom. The van der Waals surface area contributed by atoms with Gasteiger partial charge in [0, 0.05) is 0 Å². The van der Waals surface area contributed by atoms with Crippen molar-refractivity contribution in [2.75, 3.05) is 0 Å². The minimum absolute atomic E-state index is 1.03. The van der Waals surface area contributed by atoms with Gasteiger partial charge in [0.25, 0.3) is 0 Å². The van der Waals surface area contributed by atoms with Gasteiger partial charge in [-0.25, -0.2) is 0 Å². The van der Waals surface area contributed by atoms with Gasteiger partial charge in [-0.3, -0.25) is 0 Å². The maximum atomic E-state index is 6.39. The Hall–Kier alpha value is 0.748. The second kappa shape index (κ2) is 7.36. The van der Waals surface area contributed by atoms with Crippen molar-refractivity contribution in [1.82, 2.24) is 0 Å². The van der Waals surface area contributed by atoms with Crippen LogP contribution < -0.4 is 0 Å². The van der Waals surface area contributed by atoms with Crippen LogP contribution >= 0.6 is 0 Å². The maximum Gasteiger partial charge on any atom is 0.315 e. The molecule has 0 radical (unpaired) electrons. The van der Waals surface area contributed by atoms with Gasteiger partial charge < -0.3 is 12.3 Å². The molecule has 0 aliphatic carbocycles. The molecule has 1 atom stereocenters. The standard InChI is InChI=1S/C10H30O3Si4/c1-9-10-17(8,12-15(4)5)13-16(6,7)11-14(2)3/h14-15H,9-10H2,1-8H3. The quantitative estimate of drug-likeness (QED) is 0.644. The smallest absolute Gasteiger partial charge is 0.315 e. The van der Waals surface area contributed by atoms with Gasteiger partial charge in [-0.2, -0.15) is 0 Å². The van der Waals surface area contributed by atoms with Gasteiger partial charge in [0.15, 0.2) is 18.1 Å². The summed E-state index contributed by atoms with van der Waals surface area (Å²) < 4.78 is 18.7. The van der Waals surface area contributed by atoms with Crippen molar-refractivity contribution in [2.45, 2.75) is 65.2 Å². The Bertz CT molecular complexity index is 224. The van der Waals surface area contributed by atoms with Crippen LogP contribution in [-0.2, 0) is 12.3 Å². The van der Waals surface area contributed by atoms with Crippen molar-refractivity contribution in [2.24, 2.45) is 0 Å². The van der Waals surface area contributed by atoms with E-state index in [1.807, 2.05) is 0 Å². The van der Waals surface area contributed by atoms with Gasteiger partial charge in [-0.1, -0.05) is 13.3 Å². The number of hydrogen-bond donors (Lipinski definition) is 0. The first-order valence-electron chi connectivity index (χ1n) is 6.66. The summed E-state index contributed by atoms with van der Waals surface area (Å²) in [5.74, 6) is 0. The molecule has 0 fully saturated rings. The van der Waals surface area contributed by atoms with E-state index >= 15 is 0 Å². The Morgan fingerprint density at radius 1 is 0.882 bits per heavy atom. The van der Waals surface area contributed by atoms with Crippen LogP contribution in [0.1, 0.15) is 13.3 Å². The molecule has 104 valence electrons. The van der Waals surface area contributed by atoms with Crippen LogP contribution in [0.15, 0.2) is 0 Å². The molecule has 0 aliphatic rings. The van der Waals surface area contributed by atoms with Gasteiger partial charge in [0.1, 0.15) is 0 Å². The fourth-order valence-electron chi connectivity index (χ4n) is 2.20. The Kier molecular flexibility index (Phi) is 7.69. The van der Waals surface area contributed by atoms with Crippen LogP contribution in [0, 0.1) is 0 Å². The highest BCUT2D eigenvalue weighted by molar-refractivity contribution is 6.84. The molecule has 0 aromatic heterocycles. The molecule has 0 rings (SSSR count). The first kappa shape index (κ1) is 17.7. The van der Waals surface area contributed by atoms with E-state index in [2.05, 4.69) is 52.8 Å². The largest absolute Gasteiger partial charge is 0.440 e. The van der Waals surface area contributed by atoms with E-state index in [9.17, 15) is 0 Å². The average Bonchev–Trinajstić information content (AvgIpc) is 1.95. The van der Waals surface area contributed by atoms with Crippen LogP contribution in [0.5, 0.6) is 0 Å². The normalized spacial score (nSPS) is 16.6. The third-order valence-electron chi connectivity index (χ3n) is 2.17. The van der Waals surface area contributed by atoms with Crippen molar-refractivity contribution in [3.8, 4) is 0 Å². The first-order chi connectivity index (χ1) is 7.60. The van der Waals surface area contributed by atoms with E-state index in [0.717, 1.165) is 12.5 Å². The predicted octanol–water partition coefficient (Wildman–Crippen LogP) is 3.19. The van der Waals surface area contributed by atoms with E-state index in [4.69, 9.17) is 12.3 Å². The highest BCUT2D eigenvalue weighted by atomic mass is 28.5. The summed E-state index contributed by atoms with van der Waals surface area (Å²) in [6, 6.07) is 1.08. The topological polar surface area (TPSA) is 27.7 Å². The summed E-state index contributed by atoms with van der Waals surface area (Å²) in [6.45, 7) is 17.6. The average molecular weight is 311 g/mol. The van der Waals surface area contributed by atoms with Gasteiger partial charge >= 0.3 is 17.1 Å². The molecule has 3 nitrogen and oxygen atoms in total. The molecule has 0 heterocycles. The van der Waals surface area contributed by atoms with Crippen molar-refractivity contribution in [3.63, 3.8) is 0 Å². The SMILES string of the molecule is CCC[Si](C)(O[SiH](C)C)O[Si](C)(C)O[SiH](C)C. The lowest BCUT2D eigenvalue weighted by atomic mass is 10.6. The van der Waals surface area contributed by atoms with E-state index in [-0.39, 0.29) is 0 Å². The lowest BCUT2D eigenvalue weighted by Crippen LogP contribution is -2.53. The third-order valence-corrected chi connectivity index (χ3v) is 15.3. The molecule has 0 aromatic rings. The monoisotopic (exact) mass is 310 g/mol. The molecule has 0 amide bonds. The second-order valence-corrected chi connectivity index (χ2v) is 18.2. The highest BCUT2D eigenvalue weighted by Crippen LogP contribution is 2.23. The number of rotatable bonds is 8. The summed E-state index contributed by atoms with van der Waals surface area (Å²) in [5.41, 5.74) is 0. The fraction of sp³-hybridized carbons (Fsp3) is 1.00. The lowest BCUT2D eigenvalue weighted by molar-refractivity contribution is 0.332. The maximum absolute atomic E-state index is 6.39. The zero-order chi connectivity index (χ0) is 13.7. The molecule has 0 bridgehead atoms. The second-order valence-electron chi connectivity index (χ2n) is 5.72. The van der Waals surface area contributed by atoms with E-state index in [1.54, 1.807) is 0 Å². The van der Waals surface area contributed by atoms with E-state index < -0.39 is 35.2 Å². The molecule has 0 N–H and O–H groups in total. The highest BCUT2D eigenvalue weighted by Gasteiger charge is 2.40. The molecular formula is C10H30O3Si4. The van der Waals surface area contributed by atoms with Crippen molar-refractivity contribution in [1.29, 1.82) is 0 Å². The minimum Gasteiger partial charge on any atom is -0.440 e. The predicted molar refractivity (Wildman–Crippen MR) is 85.2 cm³/mol. The van der Waals surface area contributed by atoms with Crippen molar-refractivity contribution < 1.29 is 12.3 Å². The van der Waals surface area contributed by atoms with Gasteiger partial charge in [-0.05, 0) is 51.9 Å². The van der Waals surface area contributed by atoms with Crippen LogP contribution in [0.2, 0.25) is 51.9 Å². The van der Waals surface area contributed by atoms with Crippen LogP contribution in [0.4, 0.5) is 0 Å². The molecule has 0 spiro atoms. The fourth-order valence-corrected chi connectivity index (χ4v) is 17.9. The van der Waals surface area contributed by atoms with Crippen molar-refractivity contribution >= 4 is 35.2 Å². The Morgan fingerprint density at radius 3 is 1.71 bits per heavy atom. The zero-order valence-electron chi connectivity index (χ0n) is 12.8. The molecule has 0 saturated carbocycles. The molecule has 7 heteroatoms. The zero-order valence-corrected chi connectivity index (χ0v) is 17.1. The van der Waals surface area contributed by atoms with Crippen LogP contribution in [0.3, 0.4) is 0 Å². The first-order valence-corrected chi connectivity index (χ1v) is 17.6. The van der Waals surface area contributed by atoms with Crippen LogP contribution in [-0.4, -0.2) is 35.2 Å². The Labute approximate surface area is 113 Å². The lowest BCUT2D eigenvalue weighted by Gasteiger charge is -2.37. The molecule has 1 unspecified atom stereocenters. The summed E-state index contributed by atoms with van der Waals surface area (Å²) in [5, 5.41) is 0. The van der Waals surface area contributed by atoms with Crippen LogP contribution in [0.25, 0.3) is 0 Å². The summed E-state index contributed by atoms with van der Waals surface area (Å²) in [6.07, 6.45) is 1.13. The van der Waals surface area contributed by atoms with Gasteiger partial charge in [0.05, 0.1) is 0 Å². The number of hydrogen-bond acceptors (Lipinski definition) is 3. The Balaban J connectivity index is 4.61. The van der Waals surface area contributed by atoms with Gasteiger partial charge in [-0.15, -0.1) is 0 Å². The van der Waals surface area contributed by atoms with E-state index in [1.165, 1.54) is 0 Å². The summed E-state index contributed by atoms with van der Waals surface area (Å²) >= 11 is 0. The summed E-state index contributed by atoms with van der Waals surface area (Å²) in [4.78, 5) is 0. The minimum atomic E-state index is -1.99.